The van der Waals surface area contributed by atoms with Crippen LogP contribution in [-0.4, -0.2) is 22.8 Å². The number of barbiturate groups is 1. The van der Waals surface area contributed by atoms with Crippen molar-refractivity contribution < 1.29 is 24.0 Å². The minimum atomic E-state index is -0.948. The Balaban J connectivity index is 1.41. The lowest BCUT2D eigenvalue weighted by Gasteiger charge is -2.26. The molecule has 1 heterocycles. The van der Waals surface area contributed by atoms with Crippen LogP contribution in [0.3, 0.4) is 0 Å². The number of ether oxygens (including phenoxy) is 1. The van der Waals surface area contributed by atoms with E-state index >= 15 is 0 Å². The molecule has 1 aliphatic rings. The number of anilines is 1. The van der Waals surface area contributed by atoms with E-state index in [0.717, 1.165) is 32.0 Å². The Morgan fingerprint density at radius 3 is 2.17 bits per heavy atom. The lowest BCUT2D eigenvalue weighted by atomic mass is 9.99. The average molecular weight is 544 g/mol. The number of amides is 4. The summed E-state index contributed by atoms with van der Waals surface area (Å²) in [5.41, 5.74) is 1.07. The zero-order chi connectivity index (χ0) is 28.5. The predicted octanol–water partition coefficient (Wildman–Crippen LogP) is 6.15. The van der Waals surface area contributed by atoms with E-state index in [4.69, 9.17) is 4.74 Å². The van der Waals surface area contributed by atoms with Crippen LogP contribution < -0.4 is 15.0 Å². The molecule has 1 fully saturated rings. The predicted molar refractivity (Wildman–Crippen MR) is 154 cm³/mol. The number of carbonyl (C=O) groups is 3. The fourth-order valence-corrected chi connectivity index (χ4v) is 4.88. The first-order valence-corrected chi connectivity index (χ1v) is 12.7. The van der Waals surface area contributed by atoms with Crippen LogP contribution in [0.25, 0.3) is 27.6 Å². The molecule has 5 aromatic carbocycles. The number of carbonyl (C=O) groups excluding carboxylic acids is 3. The third kappa shape index (κ3) is 4.76. The average Bonchev–Trinajstić information content (AvgIpc) is 2.98. The number of rotatable bonds is 6. The molecular formula is C32H21N3O6. The molecule has 1 saturated heterocycles. The summed E-state index contributed by atoms with van der Waals surface area (Å²) < 4.78 is 6.29. The molecule has 4 amide bonds. The molecular weight excluding hydrogens is 522 g/mol. The number of benzene rings is 5. The second kappa shape index (κ2) is 10.4. The van der Waals surface area contributed by atoms with Gasteiger partial charge in [0, 0.05) is 17.7 Å². The Bertz CT molecular complexity index is 1910. The van der Waals surface area contributed by atoms with Gasteiger partial charge in [-0.15, -0.1) is 0 Å². The topological polar surface area (TPSA) is 119 Å². The minimum Gasteiger partial charge on any atom is -0.488 e. The highest BCUT2D eigenvalue weighted by atomic mass is 16.6. The maximum Gasteiger partial charge on any atom is 0.335 e. The van der Waals surface area contributed by atoms with Crippen LogP contribution in [0.5, 0.6) is 5.75 Å². The molecule has 9 heteroatoms. The van der Waals surface area contributed by atoms with Crippen LogP contribution >= 0.6 is 0 Å². The quantitative estimate of drug-likeness (QED) is 0.119. The highest BCUT2D eigenvalue weighted by Crippen LogP contribution is 2.33. The number of nitrogens with zero attached hydrogens (tertiary/aromatic N) is 2. The van der Waals surface area contributed by atoms with E-state index in [1.807, 2.05) is 72.8 Å². The number of urea groups is 1. The summed E-state index contributed by atoms with van der Waals surface area (Å²) in [6, 6.07) is 29.1. The Hall–Kier alpha value is -5.83. The molecule has 0 spiro atoms. The number of nitrogens with one attached hydrogen (secondary N) is 1. The third-order valence-electron chi connectivity index (χ3n) is 6.90. The maximum absolute atomic E-state index is 13.5. The van der Waals surface area contributed by atoms with Crippen molar-refractivity contribution in [1.82, 2.24) is 5.32 Å². The first kappa shape index (κ1) is 25.4. The molecule has 0 radical (unpaired) electrons. The number of nitro groups is 1. The van der Waals surface area contributed by atoms with E-state index in [2.05, 4.69) is 5.32 Å². The Kier molecular flexibility index (Phi) is 6.45. The van der Waals surface area contributed by atoms with Crippen molar-refractivity contribution in [3.8, 4) is 5.75 Å². The summed E-state index contributed by atoms with van der Waals surface area (Å²) in [4.78, 5) is 50.4. The highest BCUT2D eigenvalue weighted by Gasteiger charge is 2.37. The first-order chi connectivity index (χ1) is 19.9. The van der Waals surface area contributed by atoms with Gasteiger partial charge in [-0.25, -0.2) is 9.69 Å². The fourth-order valence-electron chi connectivity index (χ4n) is 4.88. The standard InChI is InChI=1S/C32H21N3O6/c36-30-28(31(37)34(32(38)33-30)23-13-15-24(16-14-23)35(39)40)18-27-26-11-4-2-7-21(26)12-17-29(27)41-19-22-9-5-8-20-6-1-3-10-25(20)22/h1-18H,19H2,(H,33,36,38)/b28-18+. The van der Waals surface area contributed by atoms with Gasteiger partial charge in [0.05, 0.1) is 10.6 Å². The number of imide groups is 2. The Morgan fingerprint density at radius 2 is 1.44 bits per heavy atom. The molecule has 5 aromatic rings. The number of hydrogen-bond donors (Lipinski definition) is 1. The first-order valence-electron chi connectivity index (χ1n) is 12.7. The SMILES string of the molecule is O=C1NC(=O)N(c2ccc([N+](=O)[O-])cc2)C(=O)/C1=C/c1c(OCc2cccc3ccccc23)ccc2ccccc12. The van der Waals surface area contributed by atoms with Gasteiger partial charge < -0.3 is 4.74 Å². The summed E-state index contributed by atoms with van der Waals surface area (Å²) in [7, 11) is 0. The van der Waals surface area contributed by atoms with Crippen LogP contribution in [0.4, 0.5) is 16.2 Å². The zero-order valence-corrected chi connectivity index (χ0v) is 21.4. The van der Waals surface area contributed by atoms with Gasteiger partial charge in [-0.1, -0.05) is 72.8 Å². The van der Waals surface area contributed by atoms with Gasteiger partial charge in [-0.05, 0) is 51.4 Å². The van der Waals surface area contributed by atoms with E-state index in [0.29, 0.717) is 11.3 Å². The largest absolute Gasteiger partial charge is 0.488 e. The summed E-state index contributed by atoms with van der Waals surface area (Å²) in [5.74, 6) is -1.27. The molecule has 0 bridgehead atoms. The molecule has 0 aromatic heterocycles. The summed E-state index contributed by atoms with van der Waals surface area (Å²) in [5, 5.41) is 17.0. The summed E-state index contributed by atoms with van der Waals surface area (Å²) in [6.45, 7) is 0.239. The van der Waals surface area contributed by atoms with E-state index < -0.39 is 22.8 Å². The van der Waals surface area contributed by atoms with Gasteiger partial charge >= 0.3 is 6.03 Å². The monoisotopic (exact) mass is 543 g/mol. The normalized spacial score (nSPS) is 14.5. The molecule has 1 aliphatic heterocycles. The number of non-ortho nitro benzene ring substituents is 1. The van der Waals surface area contributed by atoms with Crippen molar-refractivity contribution in [3.05, 3.63) is 130 Å². The molecule has 0 unspecified atom stereocenters. The van der Waals surface area contributed by atoms with Crippen molar-refractivity contribution in [2.75, 3.05) is 4.90 Å². The number of hydrogen-bond acceptors (Lipinski definition) is 6. The summed E-state index contributed by atoms with van der Waals surface area (Å²) >= 11 is 0. The maximum atomic E-state index is 13.5. The molecule has 9 nitrogen and oxygen atoms in total. The van der Waals surface area contributed by atoms with Crippen LogP contribution in [0.15, 0.2) is 109 Å². The van der Waals surface area contributed by atoms with E-state index in [1.54, 1.807) is 6.07 Å². The van der Waals surface area contributed by atoms with Crippen LogP contribution in [0.1, 0.15) is 11.1 Å². The van der Waals surface area contributed by atoms with Crippen molar-refractivity contribution in [3.63, 3.8) is 0 Å². The number of fused-ring (bicyclic) bond motifs is 2. The van der Waals surface area contributed by atoms with Gasteiger partial charge in [-0.2, -0.15) is 0 Å². The lowest BCUT2D eigenvalue weighted by molar-refractivity contribution is -0.384. The van der Waals surface area contributed by atoms with Crippen LogP contribution in [0, 0.1) is 10.1 Å². The van der Waals surface area contributed by atoms with Gasteiger partial charge in [0.2, 0.25) is 0 Å². The minimum absolute atomic E-state index is 0.0850. The van der Waals surface area contributed by atoms with Gasteiger partial charge in [-0.3, -0.25) is 25.0 Å². The lowest BCUT2D eigenvalue weighted by Crippen LogP contribution is -2.54. The number of nitro benzene ring substituents is 1. The molecule has 6 rings (SSSR count). The van der Waals surface area contributed by atoms with E-state index in [9.17, 15) is 24.5 Å². The van der Waals surface area contributed by atoms with Crippen molar-refractivity contribution >= 4 is 56.8 Å². The molecule has 0 saturated carbocycles. The molecule has 0 aliphatic carbocycles. The molecule has 1 N–H and O–H groups in total. The van der Waals surface area contributed by atoms with Crippen molar-refractivity contribution in [1.29, 1.82) is 0 Å². The summed E-state index contributed by atoms with van der Waals surface area (Å²) in [6.07, 6.45) is 1.42. The second-order valence-corrected chi connectivity index (χ2v) is 9.36. The van der Waals surface area contributed by atoms with Crippen molar-refractivity contribution in [2.24, 2.45) is 0 Å². The van der Waals surface area contributed by atoms with Gasteiger partial charge in [0.25, 0.3) is 17.5 Å². The second-order valence-electron chi connectivity index (χ2n) is 9.36. The van der Waals surface area contributed by atoms with Gasteiger partial charge in [0.15, 0.2) is 0 Å². The molecule has 200 valence electrons. The highest BCUT2D eigenvalue weighted by molar-refractivity contribution is 6.39. The zero-order valence-electron chi connectivity index (χ0n) is 21.4. The molecule has 0 atom stereocenters. The van der Waals surface area contributed by atoms with Crippen LogP contribution in [-0.2, 0) is 16.2 Å². The Labute approximate surface area is 233 Å². The Morgan fingerprint density at radius 1 is 0.780 bits per heavy atom. The smallest absolute Gasteiger partial charge is 0.335 e. The fraction of sp³-hybridized carbons (Fsp3) is 0.0312. The van der Waals surface area contributed by atoms with E-state index in [1.165, 1.54) is 30.3 Å². The third-order valence-corrected chi connectivity index (χ3v) is 6.90. The van der Waals surface area contributed by atoms with Crippen molar-refractivity contribution in [2.45, 2.75) is 6.61 Å². The van der Waals surface area contributed by atoms with Crippen LogP contribution in [0.2, 0.25) is 0 Å². The van der Waals surface area contributed by atoms with E-state index in [-0.39, 0.29) is 23.6 Å². The van der Waals surface area contributed by atoms with Gasteiger partial charge in [0.1, 0.15) is 17.9 Å². The molecule has 41 heavy (non-hydrogen) atoms.